The molecule has 1 fully saturated rings. The molecular formula is C21H24N4O3. The zero-order valence-electron chi connectivity index (χ0n) is 16.1. The molecule has 28 heavy (non-hydrogen) atoms. The molecule has 0 radical (unpaired) electrons. The third-order valence-electron chi connectivity index (χ3n) is 6.04. The smallest absolute Gasteiger partial charge is 0.276 e. The van der Waals surface area contributed by atoms with Crippen molar-refractivity contribution < 1.29 is 13.7 Å². The number of hydrogen-bond acceptors (Lipinski definition) is 5. The van der Waals surface area contributed by atoms with E-state index in [-0.39, 0.29) is 11.9 Å². The number of fused-ring (bicyclic) bond motifs is 1. The summed E-state index contributed by atoms with van der Waals surface area (Å²) in [7, 11) is 2.00. The Hall–Kier alpha value is -2.83. The highest BCUT2D eigenvalue weighted by molar-refractivity contribution is 5.93. The predicted molar refractivity (Wildman–Crippen MR) is 102 cm³/mol. The number of aryl methyl sites for hydroxylation is 1. The van der Waals surface area contributed by atoms with Crippen molar-refractivity contribution >= 4 is 5.91 Å². The lowest BCUT2D eigenvalue weighted by atomic mass is 10.1. The molecule has 2 aliphatic carbocycles. The number of aromatic nitrogens is 3. The van der Waals surface area contributed by atoms with Crippen LogP contribution < -0.4 is 0 Å². The molecule has 7 heteroatoms. The Kier molecular flexibility index (Phi) is 4.30. The first kappa shape index (κ1) is 17.3. The summed E-state index contributed by atoms with van der Waals surface area (Å²) in [6.45, 7) is 0.537. The van der Waals surface area contributed by atoms with Gasteiger partial charge in [0.15, 0.2) is 11.5 Å². The van der Waals surface area contributed by atoms with Crippen molar-refractivity contribution in [3.63, 3.8) is 0 Å². The number of nitrogens with zero attached hydrogens (tertiary/aromatic N) is 4. The van der Waals surface area contributed by atoms with Crippen LogP contribution in [0.5, 0.6) is 0 Å². The van der Waals surface area contributed by atoms with Gasteiger partial charge in [-0.1, -0.05) is 18.0 Å². The van der Waals surface area contributed by atoms with Crippen molar-refractivity contribution in [2.45, 2.75) is 57.5 Å². The van der Waals surface area contributed by atoms with E-state index >= 15 is 0 Å². The quantitative estimate of drug-likeness (QED) is 0.674. The van der Waals surface area contributed by atoms with Crippen LogP contribution in [0.2, 0.25) is 0 Å². The molecule has 1 amide bonds. The molecule has 0 spiro atoms. The molecule has 0 N–H and O–H groups in total. The maximum Gasteiger partial charge on any atom is 0.276 e. The fourth-order valence-corrected chi connectivity index (χ4v) is 4.63. The van der Waals surface area contributed by atoms with E-state index in [2.05, 4.69) is 5.16 Å². The van der Waals surface area contributed by atoms with Crippen molar-refractivity contribution in [3.8, 4) is 11.5 Å². The van der Waals surface area contributed by atoms with Gasteiger partial charge in [0.1, 0.15) is 0 Å². The summed E-state index contributed by atoms with van der Waals surface area (Å²) < 4.78 is 12.7. The van der Waals surface area contributed by atoms with Gasteiger partial charge in [0.2, 0.25) is 5.76 Å². The molecule has 2 aliphatic rings. The second-order valence-electron chi connectivity index (χ2n) is 7.77. The zero-order valence-corrected chi connectivity index (χ0v) is 16.1. The van der Waals surface area contributed by atoms with E-state index in [1.165, 1.54) is 17.7 Å². The van der Waals surface area contributed by atoms with Crippen LogP contribution in [0.3, 0.4) is 0 Å². The van der Waals surface area contributed by atoms with Crippen LogP contribution in [-0.4, -0.2) is 31.8 Å². The zero-order chi connectivity index (χ0) is 19.1. The Morgan fingerprint density at radius 3 is 2.89 bits per heavy atom. The van der Waals surface area contributed by atoms with Crippen molar-refractivity contribution in [1.82, 2.24) is 19.8 Å². The summed E-state index contributed by atoms with van der Waals surface area (Å²) in [6.07, 6.45) is 9.25. The first-order chi connectivity index (χ1) is 13.7. The van der Waals surface area contributed by atoms with E-state index in [0.29, 0.717) is 23.8 Å². The summed E-state index contributed by atoms with van der Waals surface area (Å²) >= 11 is 0. The highest BCUT2D eigenvalue weighted by Gasteiger charge is 2.32. The normalized spacial score (nSPS) is 16.6. The van der Waals surface area contributed by atoms with Gasteiger partial charge in [0.05, 0.1) is 18.5 Å². The second-order valence-corrected chi connectivity index (χ2v) is 7.77. The summed E-state index contributed by atoms with van der Waals surface area (Å²) in [5.74, 6) is 0.950. The van der Waals surface area contributed by atoms with Gasteiger partial charge in [-0.25, -0.2) is 0 Å². The summed E-state index contributed by atoms with van der Waals surface area (Å²) in [6, 6.07) is 5.48. The van der Waals surface area contributed by atoms with E-state index in [1.807, 2.05) is 16.6 Å². The topological polar surface area (TPSA) is 77.3 Å². The number of furan rings is 1. The Morgan fingerprint density at radius 1 is 1.25 bits per heavy atom. The first-order valence-corrected chi connectivity index (χ1v) is 10.1. The lowest BCUT2D eigenvalue weighted by molar-refractivity contribution is 0.0650. The molecule has 5 rings (SSSR count). The molecule has 146 valence electrons. The van der Waals surface area contributed by atoms with E-state index in [9.17, 15) is 4.79 Å². The lowest BCUT2D eigenvalue weighted by Crippen LogP contribution is -2.38. The number of amides is 1. The van der Waals surface area contributed by atoms with Gasteiger partial charge in [0.25, 0.3) is 5.91 Å². The molecule has 0 aromatic carbocycles. The van der Waals surface area contributed by atoms with E-state index in [1.54, 1.807) is 24.5 Å². The SMILES string of the molecule is Cn1nc(CN(C(=O)c2cc(-c3ccco3)on2)C2CCCC2)c2c1CCC2. The van der Waals surface area contributed by atoms with Crippen LogP contribution in [0.25, 0.3) is 11.5 Å². The van der Waals surface area contributed by atoms with Crippen molar-refractivity contribution in [3.05, 3.63) is 47.1 Å². The number of hydrogen-bond donors (Lipinski definition) is 0. The highest BCUT2D eigenvalue weighted by Crippen LogP contribution is 2.30. The average molecular weight is 380 g/mol. The summed E-state index contributed by atoms with van der Waals surface area (Å²) in [4.78, 5) is 15.3. The van der Waals surface area contributed by atoms with Gasteiger partial charge >= 0.3 is 0 Å². The van der Waals surface area contributed by atoms with Crippen LogP contribution in [-0.2, 0) is 26.4 Å². The van der Waals surface area contributed by atoms with E-state index in [0.717, 1.165) is 44.2 Å². The Bertz CT molecular complexity index is 980. The second kappa shape index (κ2) is 6.96. The molecule has 0 unspecified atom stereocenters. The Morgan fingerprint density at radius 2 is 2.11 bits per heavy atom. The van der Waals surface area contributed by atoms with Crippen molar-refractivity contribution in [2.24, 2.45) is 7.05 Å². The van der Waals surface area contributed by atoms with Gasteiger partial charge in [-0.3, -0.25) is 9.48 Å². The minimum atomic E-state index is -0.0918. The number of carbonyl (C=O) groups excluding carboxylic acids is 1. The van der Waals surface area contributed by atoms with E-state index in [4.69, 9.17) is 14.0 Å². The minimum absolute atomic E-state index is 0.0918. The third-order valence-corrected chi connectivity index (χ3v) is 6.04. The predicted octanol–water partition coefficient (Wildman–Crippen LogP) is 3.74. The van der Waals surface area contributed by atoms with Crippen LogP contribution in [0.1, 0.15) is 59.5 Å². The molecule has 1 saturated carbocycles. The fourth-order valence-electron chi connectivity index (χ4n) is 4.63. The summed E-state index contributed by atoms with van der Waals surface area (Å²) in [5, 5.41) is 8.76. The minimum Gasteiger partial charge on any atom is -0.461 e. The standard InChI is InChI=1S/C21H24N4O3/c1-24-18-9-4-8-15(18)17(22-24)13-25(14-6-2-3-7-14)21(26)16-12-20(28-23-16)19-10-5-11-27-19/h5,10-12,14H,2-4,6-9,13H2,1H3. The molecule has 0 bridgehead atoms. The molecular weight excluding hydrogens is 356 g/mol. The molecule has 3 heterocycles. The van der Waals surface area contributed by atoms with Crippen LogP contribution in [0, 0.1) is 0 Å². The molecule has 0 atom stereocenters. The molecule has 3 aromatic heterocycles. The number of carbonyl (C=O) groups is 1. The largest absolute Gasteiger partial charge is 0.461 e. The van der Waals surface area contributed by atoms with Gasteiger partial charge in [0, 0.05) is 24.8 Å². The van der Waals surface area contributed by atoms with Crippen LogP contribution >= 0.6 is 0 Å². The van der Waals surface area contributed by atoms with Gasteiger partial charge < -0.3 is 13.8 Å². The highest BCUT2D eigenvalue weighted by atomic mass is 16.5. The maximum absolute atomic E-state index is 13.4. The Labute approximate surface area is 163 Å². The molecule has 0 saturated heterocycles. The average Bonchev–Trinajstić information content (AvgIpc) is 3.51. The van der Waals surface area contributed by atoms with Crippen LogP contribution in [0.4, 0.5) is 0 Å². The number of rotatable bonds is 5. The third kappa shape index (κ3) is 2.95. The van der Waals surface area contributed by atoms with Gasteiger partial charge in [-0.15, -0.1) is 0 Å². The fraction of sp³-hybridized carbons (Fsp3) is 0.476. The lowest BCUT2D eigenvalue weighted by Gasteiger charge is -2.27. The van der Waals surface area contributed by atoms with Gasteiger partial charge in [-0.2, -0.15) is 5.10 Å². The molecule has 0 aliphatic heterocycles. The first-order valence-electron chi connectivity index (χ1n) is 10.1. The molecule has 3 aromatic rings. The Balaban J connectivity index is 1.44. The van der Waals surface area contributed by atoms with Crippen molar-refractivity contribution in [1.29, 1.82) is 0 Å². The van der Waals surface area contributed by atoms with E-state index < -0.39 is 0 Å². The summed E-state index contributed by atoms with van der Waals surface area (Å²) in [5.41, 5.74) is 4.00. The molecule has 7 nitrogen and oxygen atoms in total. The van der Waals surface area contributed by atoms with Crippen molar-refractivity contribution in [2.75, 3.05) is 0 Å². The van der Waals surface area contributed by atoms with Crippen LogP contribution in [0.15, 0.2) is 33.4 Å². The monoisotopic (exact) mass is 380 g/mol. The van der Waals surface area contributed by atoms with Gasteiger partial charge in [-0.05, 0) is 49.8 Å². The maximum atomic E-state index is 13.4.